The first-order chi connectivity index (χ1) is 10.7. The SMILES string of the molecule is CCCCCCCCCCNC(=O)C(=O)Nc1ccccc1. The standard InChI is InChI=1S/C18H28N2O2/c1-2-3-4-5-6-7-8-12-15-19-17(21)18(22)20-16-13-10-9-11-14-16/h9-11,13-14H,2-8,12,15H2,1H3,(H,19,21)(H,20,22). The molecule has 1 aromatic rings. The van der Waals surface area contributed by atoms with Crippen molar-refractivity contribution < 1.29 is 9.59 Å². The van der Waals surface area contributed by atoms with E-state index in [0.717, 1.165) is 12.8 Å². The van der Waals surface area contributed by atoms with E-state index in [2.05, 4.69) is 17.6 Å². The zero-order valence-electron chi connectivity index (χ0n) is 13.6. The van der Waals surface area contributed by atoms with E-state index in [4.69, 9.17) is 0 Å². The summed E-state index contributed by atoms with van der Waals surface area (Å²) in [6, 6.07) is 8.99. The average Bonchev–Trinajstić information content (AvgIpc) is 2.54. The summed E-state index contributed by atoms with van der Waals surface area (Å²) in [6.07, 6.45) is 9.74. The van der Waals surface area contributed by atoms with Gasteiger partial charge in [-0.1, -0.05) is 70.1 Å². The Morgan fingerprint density at radius 1 is 0.818 bits per heavy atom. The summed E-state index contributed by atoms with van der Waals surface area (Å²) < 4.78 is 0. The van der Waals surface area contributed by atoms with E-state index < -0.39 is 11.8 Å². The molecule has 22 heavy (non-hydrogen) atoms. The largest absolute Gasteiger partial charge is 0.348 e. The Hall–Kier alpha value is -1.84. The van der Waals surface area contributed by atoms with Crippen LogP contribution in [-0.4, -0.2) is 18.4 Å². The molecule has 0 radical (unpaired) electrons. The van der Waals surface area contributed by atoms with Gasteiger partial charge in [-0.3, -0.25) is 9.59 Å². The van der Waals surface area contributed by atoms with Gasteiger partial charge in [0.2, 0.25) is 0 Å². The van der Waals surface area contributed by atoms with E-state index in [9.17, 15) is 9.59 Å². The minimum absolute atomic E-state index is 0.563. The van der Waals surface area contributed by atoms with Crippen LogP contribution in [-0.2, 0) is 9.59 Å². The molecule has 0 heterocycles. The van der Waals surface area contributed by atoms with Crippen LogP contribution in [0.25, 0.3) is 0 Å². The van der Waals surface area contributed by atoms with E-state index in [-0.39, 0.29) is 0 Å². The molecule has 0 aromatic heterocycles. The quantitative estimate of drug-likeness (QED) is 0.509. The Morgan fingerprint density at radius 3 is 2.05 bits per heavy atom. The highest BCUT2D eigenvalue weighted by Gasteiger charge is 2.12. The monoisotopic (exact) mass is 304 g/mol. The summed E-state index contributed by atoms with van der Waals surface area (Å²) in [5.74, 6) is -1.17. The van der Waals surface area contributed by atoms with Crippen LogP contribution in [0.1, 0.15) is 58.3 Å². The van der Waals surface area contributed by atoms with Gasteiger partial charge >= 0.3 is 11.8 Å². The second-order valence-electron chi connectivity index (χ2n) is 5.55. The van der Waals surface area contributed by atoms with E-state index in [0.29, 0.717) is 12.2 Å². The third-order valence-corrected chi connectivity index (χ3v) is 3.55. The summed E-state index contributed by atoms with van der Waals surface area (Å²) in [7, 11) is 0. The lowest BCUT2D eigenvalue weighted by Crippen LogP contribution is -2.35. The lowest BCUT2D eigenvalue weighted by atomic mass is 10.1. The molecule has 1 rings (SSSR count). The Balaban J connectivity index is 2.02. The first-order valence-corrected chi connectivity index (χ1v) is 8.38. The highest BCUT2D eigenvalue weighted by molar-refractivity contribution is 6.39. The van der Waals surface area contributed by atoms with Gasteiger partial charge in [-0.15, -0.1) is 0 Å². The molecule has 4 heteroatoms. The molecule has 0 aliphatic heterocycles. The number of para-hydroxylation sites is 1. The Morgan fingerprint density at radius 2 is 1.41 bits per heavy atom. The van der Waals surface area contributed by atoms with E-state index >= 15 is 0 Å². The van der Waals surface area contributed by atoms with E-state index in [1.807, 2.05) is 18.2 Å². The van der Waals surface area contributed by atoms with Gasteiger partial charge in [0.15, 0.2) is 0 Å². The lowest BCUT2D eigenvalue weighted by molar-refractivity contribution is -0.136. The third kappa shape index (κ3) is 8.45. The number of hydrogen-bond acceptors (Lipinski definition) is 2. The van der Waals surface area contributed by atoms with Crippen LogP contribution in [0.4, 0.5) is 5.69 Å². The Labute approximate surface area is 133 Å². The maximum atomic E-state index is 11.7. The van der Waals surface area contributed by atoms with Crippen LogP contribution in [0.15, 0.2) is 30.3 Å². The lowest BCUT2D eigenvalue weighted by Gasteiger charge is -2.06. The van der Waals surface area contributed by atoms with Crippen LogP contribution >= 0.6 is 0 Å². The molecule has 2 N–H and O–H groups in total. The predicted molar refractivity (Wildman–Crippen MR) is 90.7 cm³/mol. The summed E-state index contributed by atoms with van der Waals surface area (Å²) >= 11 is 0. The molecule has 0 fully saturated rings. The number of nitrogens with one attached hydrogen (secondary N) is 2. The molecule has 2 amide bonds. The van der Waals surface area contributed by atoms with Gasteiger partial charge in [-0.25, -0.2) is 0 Å². The first kappa shape index (κ1) is 18.2. The van der Waals surface area contributed by atoms with Crippen molar-refractivity contribution in [2.75, 3.05) is 11.9 Å². The fraction of sp³-hybridized carbons (Fsp3) is 0.556. The number of carbonyl (C=O) groups excluding carboxylic acids is 2. The van der Waals surface area contributed by atoms with Crippen molar-refractivity contribution >= 4 is 17.5 Å². The van der Waals surface area contributed by atoms with Gasteiger partial charge in [0.1, 0.15) is 0 Å². The van der Waals surface area contributed by atoms with Crippen molar-refractivity contribution in [3.8, 4) is 0 Å². The zero-order valence-corrected chi connectivity index (χ0v) is 13.6. The first-order valence-electron chi connectivity index (χ1n) is 8.38. The molecule has 0 unspecified atom stereocenters. The van der Waals surface area contributed by atoms with Crippen molar-refractivity contribution in [2.45, 2.75) is 58.3 Å². The van der Waals surface area contributed by atoms with Crippen LogP contribution < -0.4 is 10.6 Å². The average molecular weight is 304 g/mol. The minimum Gasteiger partial charge on any atom is -0.348 e. The number of amides is 2. The molecular formula is C18H28N2O2. The number of unbranched alkanes of at least 4 members (excludes halogenated alkanes) is 7. The molecule has 0 aliphatic carbocycles. The van der Waals surface area contributed by atoms with Crippen molar-refractivity contribution in [3.63, 3.8) is 0 Å². The molecule has 0 spiro atoms. The number of anilines is 1. The van der Waals surface area contributed by atoms with Gasteiger partial charge in [-0.2, -0.15) is 0 Å². The number of rotatable bonds is 10. The fourth-order valence-electron chi connectivity index (χ4n) is 2.25. The molecule has 0 atom stereocenters. The van der Waals surface area contributed by atoms with Gasteiger partial charge in [0.25, 0.3) is 0 Å². The third-order valence-electron chi connectivity index (χ3n) is 3.55. The maximum absolute atomic E-state index is 11.7. The molecule has 0 saturated carbocycles. The second kappa shape index (κ2) is 11.8. The molecule has 4 nitrogen and oxygen atoms in total. The number of hydrogen-bond donors (Lipinski definition) is 2. The van der Waals surface area contributed by atoms with Crippen molar-refractivity contribution in [3.05, 3.63) is 30.3 Å². The summed E-state index contributed by atoms with van der Waals surface area (Å²) in [5.41, 5.74) is 0.634. The molecule has 1 aromatic carbocycles. The van der Waals surface area contributed by atoms with Gasteiger partial charge < -0.3 is 10.6 Å². The van der Waals surface area contributed by atoms with Crippen LogP contribution in [0.5, 0.6) is 0 Å². The number of benzene rings is 1. The molecule has 0 saturated heterocycles. The zero-order chi connectivity index (χ0) is 16.0. The maximum Gasteiger partial charge on any atom is 0.313 e. The number of carbonyl (C=O) groups is 2. The van der Waals surface area contributed by atoms with Gasteiger partial charge in [-0.05, 0) is 18.6 Å². The summed E-state index contributed by atoms with van der Waals surface area (Å²) in [5, 5.41) is 5.23. The van der Waals surface area contributed by atoms with E-state index in [1.54, 1.807) is 12.1 Å². The highest BCUT2D eigenvalue weighted by atomic mass is 16.2. The van der Waals surface area contributed by atoms with E-state index in [1.165, 1.54) is 38.5 Å². The van der Waals surface area contributed by atoms with Crippen molar-refractivity contribution in [2.24, 2.45) is 0 Å². The molecule has 122 valence electrons. The van der Waals surface area contributed by atoms with Crippen LogP contribution in [0.2, 0.25) is 0 Å². The van der Waals surface area contributed by atoms with Crippen molar-refractivity contribution in [1.29, 1.82) is 0 Å². The highest BCUT2D eigenvalue weighted by Crippen LogP contribution is 2.08. The molecular weight excluding hydrogens is 276 g/mol. The van der Waals surface area contributed by atoms with Crippen LogP contribution in [0.3, 0.4) is 0 Å². The van der Waals surface area contributed by atoms with Crippen LogP contribution in [0, 0.1) is 0 Å². The normalized spacial score (nSPS) is 10.2. The Bertz CT molecular complexity index is 432. The molecule has 0 bridgehead atoms. The predicted octanol–water partition coefficient (Wildman–Crippen LogP) is 3.88. The van der Waals surface area contributed by atoms with Gasteiger partial charge in [0.05, 0.1) is 0 Å². The Kier molecular flexibility index (Phi) is 9.75. The summed E-state index contributed by atoms with van der Waals surface area (Å²) in [6.45, 7) is 2.78. The van der Waals surface area contributed by atoms with Crippen molar-refractivity contribution in [1.82, 2.24) is 5.32 Å². The topological polar surface area (TPSA) is 58.2 Å². The minimum atomic E-state index is -0.606. The van der Waals surface area contributed by atoms with Gasteiger partial charge in [0, 0.05) is 12.2 Å². The fourth-order valence-corrected chi connectivity index (χ4v) is 2.25. The second-order valence-corrected chi connectivity index (χ2v) is 5.55. The smallest absolute Gasteiger partial charge is 0.313 e. The summed E-state index contributed by atoms with van der Waals surface area (Å²) in [4.78, 5) is 23.3. The molecule has 0 aliphatic rings.